The topological polar surface area (TPSA) is 38.0 Å². The first-order valence-corrected chi connectivity index (χ1v) is 6.48. The Balaban J connectivity index is 2.26. The Bertz CT molecular complexity index is 591. The second kappa shape index (κ2) is 6.11. The third-order valence-electron chi connectivity index (χ3n) is 3.50. The normalized spacial score (nSPS) is 12.4. The number of nitrogens with two attached hydrogens (primary N) is 1. The molecule has 0 fully saturated rings. The average molecular weight is 276 g/mol. The van der Waals surface area contributed by atoms with E-state index in [1.54, 1.807) is 0 Å². The van der Waals surface area contributed by atoms with Gasteiger partial charge in [-0.05, 0) is 54.7 Å². The summed E-state index contributed by atoms with van der Waals surface area (Å²) >= 11 is 0. The van der Waals surface area contributed by atoms with E-state index in [-0.39, 0.29) is 6.04 Å². The molecule has 2 aromatic carbocycles. The number of hydrogen-bond donors (Lipinski definition) is 2. The third kappa shape index (κ3) is 3.40. The Hall–Kier alpha value is -1.78. The molecule has 0 radical (unpaired) electrons. The minimum atomic E-state index is -0.597. The van der Waals surface area contributed by atoms with Gasteiger partial charge in [0, 0.05) is 6.07 Å². The van der Waals surface area contributed by atoms with Crippen LogP contribution in [0.5, 0.6) is 0 Å². The number of aryl methyl sites for hydroxylation is 2. The molecule has 0 saturated carbocycles. The van der Waals surface area contributed by atoms with E-state index in [1.807, 2.05) is 26.0 Å². The molecule has 1 atom stereocenters. The van der Waals surface area contributed by atoms with E-state index in [0.29, 0.717) is 12.0 Å². The monoisotopic (exact) mass is 276 g/mol. The van der Waals surface area contributed by atoms with Gasteiger partial charge in [-0.1, -0.05) is 18.2 Å². The zero-order valence-corrected chi connectivity index (χ0v) is 11.6. The molecule has 0 saturated heterocycles. The van der Waals surface area contributed by atoms with Crippen LogP contribution in [0.4, 0.5) is 8.78 Å². The minimum Gasteiger partial charge on any atom is -0.271 e. The van der Waals surface area contributed by atoms with E-state index in [2.05, 4.69) is 11.5 Å². The lowest BCUT2D eigenvalue weighted by molar-refractivity contribution is 0.530. The predicted octanol–water partition coefficient (Wildman–Crippen LogP) is 3.33. The minimum absolute atomic E-state index is 0.331. The van der Waals surface area contributed by atoms with Crippen LogP contribution in [-0.4, -0.2) is 0 Å². The van der Waals surface area contributed by atoms with E-state index < -0.39 is 11.6 Å². The van der Waals surface area contributed by atoms with Crippen LogP contribution in [0.25, 0.3) is 0 Å². The van der Waals surface area contributed by atoms with Crippen molar-refractivity contribution in [1.82, 2.24) is 5.43 Å². The molecule has 3 N–H and O–H groups in total. The number of halogens is 2. The molecule has 0 bridgehead atoms. The van der Waals surface area contributed by atoms with Gasteiger partial charge < -0.3 is 0 Å². The van der Waals surface area contributed by atoms with E-state index >= 15 is 0 Å². The maximum atomic E-state index is 13.3. The van der Waals surface area contributed by atoms with Crippen molar-refractivity contribution in [3.05, 3.63) is 70.3 Å². The highest BCUT2D eigenvalue weighted by Gasteiger charge is 2.13. The Morgan fingerprint density at radius 1 is 1.00 bits per heavy atom. The highest BCUT2D eigenvalue weighted by molar-refractivity contribution is 5.32. The number of rotatable bonds is 4. The van der Waals surface area contributed by atoms with Crippen LogP contribution in [0.2, 0.25) is 0 Å². The van der Waals surface area contributed by atoms with Crippen molar-refractivity contribution in [3.8, 4) is 0 Å². The summed E-state index contributed by atoms with van der Waals surface area (Å²) in [6, 6.07) is 9.22. The lowest BCUT2D eigenvalue weighted by Gasteiger charge is -2.17. The largest absolute Gasteiger partial charge is 0.271 e. The predicted molar refractivity (Wildman–Crippen MR) is 76.0 cm³/mol. The van der Waals surface area contributed by atoms with Gasteiger partial charge in [-0.25, -0.2) is 8.78 Å². The Kier molecular flexibility index (Phi) is 4.47. The summed E-state index contributed by atoms with van der Waals surface area (Å²) in [7, 11) is 0. The zero-order valence-electron chi connectivity index (χ0n) is 11.6. The van der Waals surface area contributed by atoms with Gasteiger partial charge in [0.05, 0.1) is 6.04 Å². The molecular formula is C16H18F2N2. The van der Waals surface area contributed by atoms with Crippen LogP contribution in [-0.2, 0) is 6.42 Å². The van der Waals surface area contributed by atoms with Crippen LogP contribution >= 0.6 is 0 Å². The van der Waals surface area contributed by atoms with Crippen molar-refractivity contribution >= 4 is 0 Å². The first-order chi connectivity index (χ1) is 9.49. The maximum Gasteiger partial charge on any atom is 0.126 e. The van der Waals surface area contributed by atoms with Gasteiger partial charge >= 0.3 is 0 Å². The maximum absolute atomic E-state index is 13.3. The first kappa shape index (κ1) is 14.6. The number of benzene rings is 2. The van der Waals surface area contributed by atoms with E-state index in [9.17, 15) is 8.78 Å². The zero-order chi connectivity index (χ0) is 14.7. The van der Waals surface area contributed by atoms with Gasteiger partial charge in [0.25, 0.3) is 0 Å². The summed E-state index contributed by atoms with van der Waals surface area (Å²) in [5.74, 6) is 4.33. The van der Waals surface area contributed by atoms with Gasteiger partial charge in [0.2, 0.25) is 0 Å². The van der Waals surface area contributed by atoms with Gasteiger partial charge in [0.1, 0.15) is 11.6 Å². The van der Waals surface area contributed by atoms with E-state index in [4.69, 9.17) is 5.84 Å². The second-order valence-corrected chi connectivity index (χ2v) is 5.04. The fraction of sp³-hybridized carbons (Fsp3) is 0.250. The highest BCUT2D eigenvalue weighted by atomic mass is 19.1. The van der Waals surface area contributed by atoms with Gasteiger partial charge in [0.15, 0.2) is 0 Å². The number of hydrazine groups is 1. The lowest BCUT2D eigenvalue weighted by atomic mass is 9.97. The van der Waals surface area contributed by atoms with Gasteiger partial charge in [-0.3, -0.25) is 11.3 Å². The number of hydrogen-bond acceptors (Lipinski definition) is 2. The SMILES string of the molecule is Cc1ccc(CC(NN)c2cc(F)cc(F)c2)cc1C. The lowest BCUT2D eigenvalue weighted by Crippen LogP contribution is -2.29. The highest BCUT2D eigenvalue weighted by Crippen LogP contribution is 2.21. The molecule has 1 unspecified atom stereocenters. The molecule has 0 spiro atoms. The fourth-order valence-electron chi connectivity index (χ4n) is 2.22. The Labute approximate surface area is 117 Å². The molecule has 0 aliphatic heterocycles. The quantitative estimate of drug-likeness (QED) is 0.664. The van der Waals surface area contributed by atoms with Crippen LogP contribution in [0.3, 0.4) is 0 Å². The molecule has 0 aliphatic rings. The van der Waals surface area contributed by atoms with Crippen LogP contribution in [0, 0.1) is 25.5 Å². The summed E-state index contributed by atoms with van der Waals surface area (Å²) in [4.78, 5) is 0. The molecule has 0 aliphatic carbocycles. The van der Waals surface area contributed by atoms with Crippen molar-refractivity contribution in [1.29, 1.82) is 0 Å². The molecule has 2 rings (SSSR count). The van der Waals surface area contributed by atoms with Crippen LogP contribution < -0.4 is 11.3 Å². The van der Waals surface area contributed by atoms with Crippen molar-refractivity contribution < 1.29 is 8.78 Å². The van der Waals surface area contributed by atoms with E-state index in [1.165, 1.54) is 23.3 Å². The Morgan fingerprint density at radius 2 is 1.65 bits per heavy atom. The van der Waals surface area contributed by atoms with Gasteiger partial charge in [-0.15, -0.1) is 0 Å². The molecule has 0 amide bonds. The molecule has 106 valence electrons. The molecule has 0 aromatic heterocycles. The molecule has 20 heavy (non-hydrogen) atoms. The van der Waals surface area contributed by atoms with Crippen molar-refractivity contribution in [2.75, 3.05) is 0 Å². The molecule has 2 aromatic rings. The molecule has 0 heterocycles. The van der Waals surface area contributed by atoms with Crippen LogP contribution in [0.15, 0.2) is 36.4 Å². The average Bonchev–Trinajstić information content (AvgIpc) is 2.38. The van der Waals surface area contributed by atoms with Gasteiger partial charge in [-0.2, -0.15) is 0 Å². The van der Waals surface area contributed by atoms with E-state index in [0.717, 1.165) is 11.6 Å². The fourth-order valence-corrected chi connectivity index (χ4v) is 2.22. The van der Waals surface area contributed by atoms with Crippen molar-refractivity contribution in [3.63, 3.8) is 0 Å². The standard InChI is InChI=1S/C16H18F2N2/c1-10-3-4-12(5-11(10)2)6-16(20-19)13-7-14(17)9-15(18)8-13/h3-5,7-9,16,20H,6,19H2,1-2H3. The molecule has 4 heteroatoms. The van der Waals surface area contributed by atoms with Crippen LogP contribution in [0.1, 0.15) is 28.3 Å². The summed E-state index contributed by atoms with van der Waals surface area (Å²) in [6.45, 7) is 4.07. The summed E-state index contributed by atoms with van der Waals surface area (Å²) in [5.41, 5.74) is 6.59. The summed E-state index contributed by atoms with van der Waals surface area (Å²) in [6.07, 6.45) is 0.570. The van der Waals surface area contributed by atoms with Crippen molar-refractivity contribution in [2.24, 2.45) is 5.84 Å². The smallest absolute Gasteiger partial charge is 0.126 e. The van der Waals surface area contributed by atoms with Crippen molar-refractivity contribution in [2.45, 2.75) is 26.3 Å². The second-order valence-electron chi connectivity index (χ2n) is 5.04. The Morgan fingerprint density at radius 3 is 2.20 bits per heavy atom. The number of nitrogens with one attached hydrogen (secondary N) is 1. The summed E-state index contributed by atoms with van der Waals surface area (Å²) < 4.78 is 26.5. The first-order valence-electron chi connectivity index (χ1n) is 6.48. The molecule has 2 nitrogen and oxygen atoms in total. The third-order valence-corrected chi connectivity index (χ3v) is 3.50. The molecular weight excluding hydrogens is 258 g/mol. The summed E-state index contributed by atoms with van der Waals surface area (Å²) in [5, 5.41) is 0.